The first-order valence-electron chi connectivity index (χ1n) is 10.0. The molecule has 6 nitrogen and oxygen atoms in total. The Morgan fingerprint density at radius 3 is 2.52 bits per heavy atom. The molecule has 0 aliphatic carbocycles. The van der Waals surface area contributed by atoms with E-state index in [1.807, 2.05) is 84.4 Å². The number of nitrogens with zero attached hydrogens (tertiary/aromatic N) is 4. The Hall–Kier alpha value is -4.19. The van der Waals surface area contributed by atoms with E-state index >= 15 is 0 Å². The zero-order chi connectivity index (χ0) is 21.2. The van der Waals surface area contributed by atoms with Gasteiger partial charge in [0.2, 0.25) is 0 Å². The lowest BCUT2D eigenvalue weighted by Crippen LogP contribution is -2.14. The van der Waals surface area contributed by atoms with Crippen LogP contribution in [0, 0.1) is 6.92 Å². The van der Waals surface area contributed by atoms with Gasteiger partial charge in [-0.15, -0.1) is 0 Å². The lowest BCUT2D eigenvalue weighted by molar-refractivity contribution is 0.471. The van der Waals surface area contributed by atoms with Gasteiger partial charge in [-0.1, -0.05) is 36.4 Å². The summed E-state index contributed by atoms with van der Waals surface area (Å²) in [6.07, 6.45) is 7.16. The molecule has 0 spiro atoms. The summed E-state index contributed by atoms with van der Waals surface area (Å²) < 4.78 is 1.95. The van der Waals surface area contributed by atoms with Crippen LogP contribution in [-0.2, 0) is 0 Å². The van der Waals surface area contributed by atoms with Gasteiger partial charge in [0.05, 0.1) is 12.4 Å². The van der Waals surface area contributed by atoms with Gasteiger partial charge in [0.15, 0.2) is 0 Å². The number of aromatic nitrogens is 4. The van der Waals surface area contributed by atoms with Crippen LogP contribution in [0.3, 0.4) is 0 Å². The van der Waals surface area contributed by atoms with E-state index in [2.05, 4.69) is 20.3 Å². The van der Waals surface area contributed by atoms with Gasteiger partial charge in [-0.25, -0.2) is 15.0 Å². The summed E-state index contributed by atoms with van der Waals surface area (Å²) in [4.78, 5) is 13.1. The van der Waals surface area contributed by atoms with Crippen molar-refractivity contribution in [1.82, 2.24) is 19.5 Å². The summed E-state index contributed by atoms with van der Waals surface area (Å²) in [5.41, 5.74) is 4.21. The molecule has 0 fully saturated rings. The van der Waals surface area contributed by atoms with Crippen LogP contribution < -0.4 is 5.32 Å². The third-order valence-electron chi connectivity index (χ3n) is 5.30. The highest BCUT2D eigenvalue weighted by Crippen LogP contribution is 2.36. The molecule has 0 aliphatic rings. The summed E-state index contributed by atoms with van der Waals surface area (Å²) >= 11 is 0. The van der Waals surface area contributed by atoms with Gasteiger partial charge in [0.25, 0.3) is 0 Å². The number of phenols is 1. The Bertz CT molecular complexity index is 1320. The van der Waals surface area contributed by atoms with Crippen molar-refractivity contribution in [2.75, 3.05) is 5.32 Å². The number of hydrogen-bond acceptors (Lipinski definition) is 5. The minimum Gasteiger partial charge on any atom is -0.505 e. The van der Waals surface area contributed by atoms with Gasteiger partial charge in [-0.2, -0.15) is 0 Å². The van der Waals surface area contributed by atoms with Crippen molar-refractivity contribution in [2.24, 2.45) is 0 Å². The molecule has 6 heteroatoms. The highest BCUT2D eigenvalue weighted by Gasteiger charge is 2.20. The van der Waals surface area contributed by atoms with Crippen molar-refractivity contribution in [2.45, 2.75) is 13.0 Å². The average Bonchev–Trinajstić information content (AvgIpc) is 3.34. The lowest BCUT2D eigenvalue weighted by Gasteiger charge is -2.22. The Morgan fingerprint density at radius 2 is 1.77 bits per heavy atom. The van der Waals surface area contributed by atoms with Gasteiger partial charge in [-0.05, 0) is 42.8 Å². The fraction of sp³-hybridized carbons (Fsp3) is 0.0800. The number of imidazole rings is 1. The maximum absolute atomic E-state index is 11.2. The van der Waals surface area contributed by atoms with E-state index in [0.29, 0.717) is 5.52 Å². The number of rotatable bonds is 5. The lowest BCUT2D eigenvalue weighted by atomic mass is 9.96. The number of aromatic hydroxyl groups is 1. The summed E-state index contributed by atoms with van der Waals surface area (Å²) in [5, 5.41) is 15.5. The molecule has 1 unspecified atom stereocenters. The van der Waals surface area contributed by atoms with Crippen molar-refractivity contribution in [3.05, 3.63) is 108 Å². The number of benzene rings is 2. The van der Waals surface area contributed by atoms with Crippen LogP contribution >= 0.6 is 0 Å². The molecule has 0 amide bonds. The second-order valence-electron chi connectivity index (χ2n) is 7.38. The topological polar surface area (TPSA) is 75.9 Å². The van der Waals surface area contributed by atoms with E-state index in [-0.39, 0.29) is 11.8 Å². The fourth-order valence-electron chi connectivity index (χ4n) is 3.71. The molecule has 2 N–H and O–H groups in total. The first kappa shape index (κ1) is 18.8. The number of anilines is 1. The maximum Gasteiger partial charge on any atom is 0.147 e. The Kier molecular flexibility index (Phi) is 4.80. The van der Waals surface area contributed by atoms with E-state index in [9.17, 15) is 5.11 Å². The van der Waals surface area contributed by atoms with Crippen molar-refractivity contribution >= 4 is 16.7 Å². The molecule has 3 aromatic heterocycles. The molecule has 0 radical (unpaired) electrons. The quantitative estimate of drug-likeness (QED) is 0.427. The van der Waals surface area contributed by atoms with Crippen LogP contribution in [-0.4, -0.2) is 24.6 Å². The Labute approximate surface area is 179 Å². The number of nitrogens with one attached hydrogen (secondary N) is 1. The normalized spacial score (nSPS) is 12.0. The van der Waals surface area contributed by atoms with Crippen LogP contribution in [0.1, 0.15) is 22.9 Å². The third kappa shape index (κ3) is 3.71. The molecule has 0 saturated heterocycles. The van der Waals surface area contributed by atoms with E-state index in [0.717, 1.165) is 33.7 Å². The minimum absolute atomic E-state index is 0.174. The molecule has 0 saturated carbocycles. The molecular formula is C25H21N5O. The summed E-state index contributed by atoms with van der Waals surface area (Å²) in [7, 11) is 0. The van der Waals surface area contributed by atoms with Crippen molar-refractivity contribution in [1.29, 1.82) is 0 Å². The molecule has 1 atom stereocenters. The molecule has 5 rings (SSSR count). The van der Waals surface area contributed by atoms with E-state index in [1.165, 1.54) is 0 Å². The van der Waals surface area contributed by atoms with Crippen molar-refractivity contribution in [3.63, 3.8) is 0 Å². The Morgan fingerprint density at radius 1 is 0.935 bits per heavy atom. The maximum atomic E-state index is 11.2. The van der Waals surface area contributed by atoms with E-state index in [4.69, 9.17) is 0 Å². The average molecular weight is 407 g/mol. The van der Waals surface area contributed by atoms with Crippen LogP contribution in [0.2, 0.25) is 0 Å². The largest absolute Gasteiger partial charge is 0.505 e. The second-order valence-corrected chi connectivity index (χ2v) is 7.38. The van der Waals surface area contributed by atoms with Crippen LogP contribution in [0.4, 0.5) is 5.82 Å². The second kappa shape index (κ2) is 7.91. The monoisotopic (exact) mass is 407 g/mol. The van der Waals surface area contributed by atoms with Gasteiger partial charge in [0, 0.05) is 40.9 Å². The predicted molar refractivity (Wildman–Crippen MR) is 121 cm³/mol. The van der Waals surface area contributed by atoms with Gasteiger partial charge < -0.3 is 15.0 Å². The van der Waals surface area contributed by atoms with E-state index < -0.39 is 0 Å². The predicted octanol–water partition coefficient (Wildman–Crippen LogP) is 5.03. The molecule has 3 heterocycles. The SMILES string of the molecule is Cc1ccc2ccc(C(Nc3ccccn3)c3ccc(-n4ccnc4)cc3)c(O)c2n1. The molecule has 0 aliphatic heterocycles. The minimum atomic E-state index is -0.307. The molecule has 5 aromatic rings. The van der Waals surface area contributed by atoms with Gasteiger partial charge in [0.1, 0.15) is 17.1 Å². The molecule has 0 bridgehead atoms. The van der Waals surface area contributed by atoms with Crippen LogP contribution in [0.15, 0.2) is 91.6 Å². The van der Waals surface area contributed by atoms with Crippen molar-refractivity contribution < 1.29 is 5.11 Å². The smallest absolute Gasteiger partial charge is 0.147 e. The number of aryl methyl sites for hydroxylation is 1. The van der Waals surface area contributed by atoms with Gasteiger partial charge in [-0.3, -0.25) is 0 Å². The van der Waals surface area contributed by atoms with Crippen LogP contribution in [0.5, 0.6) is 5.75 Å². The molecular weight excluding hydrogens is 386 g/mol. The molecule has 31 heavy (non-hydrogen) atoms. The highest BCUT2D eigenvalue weighted by molar-refractivity contribution is 5.86. The first-order chi connectivity index (χ1) is 15.2. The number of pyridine rings is 2. The zero-order valence-corrected chi connectivity index (χ0v) is 17.0. The van der Waals surface area contributed by atoms with Gasteiger partial charge >= 0.3 is 0 Å². The summed E-state index contributed by atoms with van der Waals surface area (Å²) in [5.74, 6) is 0.899. The summed E-state index contributed by atoms with van der Waals surface area (Å²) in [6.45, 7) is 1.92. The zero-order valence-electron chi connectivity index (χ0n) is 17.0. The standard InChI is InChI=1S/C25H21N5O/c1-17-5-6-19-9-12-21(25(31)24(19)28-17)23(29-22-4-2-3-13-27-22)18-7-10-20(11-8-18)30-15-14-26-16-30/h2-16,23,31H,1H3,(H,27,29). The van der Waals surface area contributed by atoms with Crippen molar-refractivity contribution in [3.8, 4) is 11.4 Å². The number of fused-ring (bicyclic) bond motifs is 1. The van der Waals surface area contributed by atoms with E-state index in [1.54, 1.807) is 18.7 Å². The highest BCUT2D eigenvalue weighted by atomic mass is 16.3. The first-order valence-corrected chi connectivity index (χ1v) is 10.0. The Balaban J connectivity index is 1.61. The third-order valence-corrected chi connectivity index (χ3v) is 5.30. The fourth-order valence-corrected chi connectivity index (χ4v) is 3.71. The molecule has 152 valence electrons. The molecule has 2 aromatic carbocycles. The number of hydrogen-bond donors (Lipinski definition) is 2. The summed E-state index contributed by atoms with van der Waals surface area (Å²) in [6, 6.07) is 21.4. The van der Waals surface area contributed by atoms with Crippen LogP contribution in [0.25, 0.3) is 16.6 Å². The number of phenolic OH excluding ortho intramolecular Hbond substituents is 1.